The molecule has 0 bridgehead atoms. The van der Waals surface area contributed by atoms with Crippen molar-refractivity contribution in [2.45, 2.75) is 0 Å². The monoisotopic (exact) mass is 327 g/mol. The first-order chi connectivity index (χ1) is 10.9. The number of aromatic nitrogens is 2. The number of carbonyl (C=O) groups excluding carboxylic acids is 2. The maximum absolute atomic E-state index is 12.2. The standard InChI is InChI=1S/C16H13N3O3S/c1-4-7-19-14(20)13(23-16(19)22)9-10-5-6-11-12(8-10)18(3)15(21)17(11)2/h1,5-6,8-9H,7H2,2-3H3/b13-9+. The van der Waals surface area contributed by atoms with Gasteiger partial charge in [0, 0.05) is 14.1 Å². The van der Waals surface area contributed by atoms with Crippen molar-refractivity contribution in [1.29, 1.82) is 0 Å². The summed E-state index contributed by atoms with van der Waals surface area (Å²) in [6.07, 6.45) is 6.80. The lowest BCUT2D eigenvalue weighted by Gasteiger charge is -2.06. The maximum atomic E-state index is 12.2. The minimum Gasteiger partial charge on any atom is -0.295 e. The topological polar surface area (TPSA) is 64.3 Å². The van der Waals surface area contributed by atoms with E-state index in [1.165, 1.54) is 4.57 Å². The summed E-state index contributed by atoms with van der Waals surface area (Å²) in [6, 6.07) is 5.43. The quantitative estimate of drug-likeness (QED) is 0.620. The van der Waals surface area contributed by atoms with Crippen molar-refractivity contribution in [1.82, 2.24) is 14.0 Å². The van der Waals surface area contributed by atoms with Gasteiger partial charge in [-0.3, -0.25) is 23.6 Å². The Labute approximate surface area is 136 Å². The number of benzene rings is 1. The Kier molecular flexibility index (Phi) is 3.62. The lowest BCUT2D eigenvalue weighted by atomic mass is 10.2. The molecule has 7 heteroatoms. The van der Waals surface area contributed by atoms with Gasteiger partial charge in [0.25, 0.3) is 11.1 Å². The summed E-state index contributed by atoms with van der Waals surface area (Å²) in [6.45, 7) is -0.0335. The molecule has 0 N–H and O–H groups in total. The predicted molar refractivity (Wildman–Crippen MR) is 89.7 cm³/mol. The van der Waals surface area contributed by atoms with Gasteiger partial charge in [0.15, 0.2) is 0 Å². The smallest absolute Gasteiger partial charge is 0.295 e. The number of fused-ring (bicyclic) bond motifs is 1. The van der Waals surface area contributed by atoms with Crippen LogP contribution in [0.3, 0.4) is 0 Å². The SMILES string of the molecule is C#CCN1C(=O)S/C(=C/c2ccc3c(c2)n(C)c(=O)n3C)C1=O. The number of imide groups is 1. The van der Waals surface area contributed by atoms with E-state index in [2.05, 4.69) is 5.92 Å². The van der Waals surface area contributed by atoms with Gasteiger partial charge >= 0.3 is 5.69 Å². The highest BCUT2D eigenvalue weighted by Crippen LogP contribution is 2.32. The maximum Gasteiger partial charge on any atom is 0.328 e. The highest BCUT2D eigenvalue weighted by molar-refractivity contribution is 8.18. The highest BCUT2D eigenvalue weighted by atomic mass is 32.2. The van der Waals surface area contributed by atoms with Gasteiger partial charge in [0.1, 0.15) is 0 Å². The van der Waals surface area contributed by atoms with Gasteiger partial charge in [-0.05, 0) is 35.5 Å². The fourth-order valence-corrected chi connectivity index (χ4v) is 3.33. The first-order valence-electron chi connectivity index (χ1n) is 6.78. The van der Waals surface area contributed by atoms with E-state index >= 15 is 0 Å². The Morgan fingerprint density at radius 3 is 2.57 bits per heavy atom. The van der Waals surface area contributed by atoms with E-state index in [0.717, 1.165) is 33.3 Å². The fraction of sp³-hybridized carbons (Fsp3) is 0.188. The molecule has 1 aliphatic heterocycles. The molecule has 0 unspecified atom stereocenters. The van der Waals surface area contributed by atoms with E-state index in [4.69, 9.17) is 6.42 Å². The molecule has 2 amide bonds. The van der Waals surface area contributed by atoms with Crippen molar-refractivity contribution in [3.63, 3.8) is 0 Å². The van der Waals surface area contributed by atoms with E-state index in [1.807, 2.05) is 12.1 Å². The number of amides is 2. The molecule has 3 rings (SSSR count). The molecule has 1 saturated heterocycles. The Morgan fingerprint density at radius 1 is 1.17 bits per heavy atom. The van der Waals surface area contributed by atoms with E-state index in [9.17, 15) is 14.4 Å². The molecule has 0 atom stereocenters. The third kappa shape index (κ3) is 2.37. The second-order valence-corrected chi connectivity index (χ2v) is 6.11. The molecule has 6 nitrogen and oxygen atoms in total. The van der Waals surface area contributed by atoms with E-state index < -0.39 is 0 Å². The summed E-state index contributed by atoms with van der Waals surface area (Å²) < 4.78 is 3.09. The molecule has 0 saturated carbocycles. The van der Waals surface area contributed by atoms with Crippen molar-refractivity contribution in [2.24, 2.45) is 14.1 Å². The van der Waals surface area contributed by atoms with Crippen LogP contribution in [0, 0.1) is 12.3 Å². The minimum absolute atomic E-state index is 0.0335. The van der Waals surface area contributed by atoms with Gasteiger partial charge in [-0.15, -0.1) is 6.42 Å². The molecule has 1 fully saturated rings. The van der Waals surface area contributed by atoms with E-state index in [0.29, 0.717) is 4.91 Å². The fourth-order valence-electron chi connectivity index (χ4n) is 2.49. The number of thioether (sulfide) groups is 1. The number of nitrogens with zero attached hydrogens (tertiary/aromatic N) is 3. The van der Waals surface area contributed by atoms with Gasteiger partial charge in [-0.1, -0.05) is 12.0 Å². The summed E-state index contributed by atoms with van der Waals surface area (Å²) in [5, 5.41) is -0.368. The van der Waals surface area contributed by atoms with Crippen molar-refractivity contribution in [3.05, 3.63) is 39.2 Å². The van der Waals surface area contributed by atoms with Crippen LogP contribution in [0.2, 0.25) is 0 Å². The Balaban J connectivity index is 2.04. The Hall–Kier alpha value is -2.72. The van der Waals surface area contributed by atoms with Crippen LogP contribution in [-0.2, 0) is 18.9 Å². The second kappa shape index (κ2) is 5.48. The van der Waals surface area contributed by atoms with Crippen molar-refractivity contribution in [2.75, 3.05) is 6.54 Å². The Bertz CT molecular complexity index is 975. The van der Waals surface area contributed by atoms with Crippen molar-refractivity contribution in [3.8, 4) is 12.3 Å². The first kappa shape index (κ1) is 15.2. The number of hydrogen-bond donors (Lipinski definition) is 0. The summed E-state index contributed by atoms with van der Waals surface area (Å²) in [4.78, 5) is 37.2. The molecule has 2 heterocycles. The van der Waals surface area contributed by atoms with Gasteiger partial charge in [0.2, 0.25) is 0 Å². The van der Waals surface area contributed by atoms with Crippen LogP contribution in [0.1, 0.15) is 5.56 Å². The van der Waals surface area contributed by atoms with Crippen molar-refractivity contribution < 1.29 is 9.59 Å². The molecule has 0 spiro atoms. The van der Waals surface area contributed by atoms with Crippen LogP contribution in [0.4, 0.5) is 4.79 Å². The van der Waals surface area contributed by atoms with Crippen molar-refractivity contribution >= 4 is 40.0 Å². The summed E-state index contributed by atoms with van der Waals surface area (Å²) in [5.41, 5.74) is 2.18. The zero-order valence-corrected chi connectivity index (χ0v) is 13.4. The third-order valence-corrected chi connectivity index (χ3v) is 4.62. The largest absolute Gasteiger partial charge is 0.328 e. The lowest BCUT2D eigenvalue weighted by Crippen LogP contribution is -2.28. The number of rotatable bonds is 2. The van der Waals surface area contributed by atoms with Crippen LogP contribution >= 0.6 is 11.8 Å². The lowest BCUT2D eigenvalue weighted by molar-refractivity contribution is -0.122. The number of aryl methyl sites for hydroxylation is 2. The molecule has 1 aromatic carbocycles. The molecule has 1 aromatic heterocycles. The summed E-state index contributed by atoms with van der Waals surface area (Å²) >= 11 is 0.864. The van der Waals surface area contributed by atoms with Gasteiger partial charge in [-0.2, -0.15) is 0 Å². The third-order valence-electron chi connectivity index (χ3n) is 3.72. The highest BCUT2D eigenvalue weighted by Gasteiger charge is 2.34. The average Bonchev–Trinajstić information content (AvgIpc) is 2.91. The average molecular weight is 327 g/mol. The van der Waals surface area contributed by atoms with Gasteiger partial charge in [0.05, 0.1) is 22.5 Å². The number of imidazole rings is 1. The van der Waals surface area contributed by atoms with Gasteiger partial charge < -0.3 is 0 Å². The molecule has 0 aliphatic carbocycles. The van der Waals surface area contributed by atoms with Gasteiger partial charge in [-0.25, -0.2) is 4.79 Å². The van der Waals surface area contributed by atoms with E-state index in [-0.39, 0.29) is 23.4 Å². The zero-order chi connectivity index (χ0) is 16.7. The molecular weight excluding hydrogens is 314 g/mol. The second-order valence-electron chi connectivity index (χ2n) is 5.12. The van der Waals surface area contributed by atoms with Crippen LogP contribution in [-0.4, -0.2) is 31.7 Å². The van der Waals surface area contributed by atoms with Crippen LogP contribution in [0.15, 0.2) is 27.9 Å². The number of terminal acetylenes is 1. The normalized spacial score (nSPS) is 16.6. The zero-order valence-electron chi connectivity index (χ0n) is 12.6. The molecule has 1 aliphatic rings. The Morgan fingerprint density at radius 2 is 1.87 bits per heavy atom. The van der Waals surface area contributed by atoms with Crippen LogP contribution in [0.25, 0.3) is 17.1 Å². The molecule has 2 aromatic rings. The molecule has 116 valence electrons. The van der Waals surface area contributed by atoms with E-state index in [1.54, 1.807) is 30.8 Å². The summed E-state index contributed by atoms with van der Waals surface area (Å²) in [7, 11) is 3.39. The van der Waals surface area contributed by atoms with Crippen LogP contribution < -0.4 is 5.69 Å². The molecular formula is C16H13N3O3S. The predicted octanol–water partition coefficient (Wildman–Crippen LogP) is 1.55. The number of hydrogen-bond acceptors (Lipinski definition) is 4. The van der Waals surface area contributed by atoms with Crippen LogP contribution in [0.5, 0.6) is 0 Å². The summed E-state index contributed by atoms with van der Waals surface area (Å²) in [5.74, 6) is 1.91. The molecule has 23 heavy (non-hydrogen) atoms. The number of carbonyl (C=O) groups is 2. The first-order valence-corrected chi connectivity index (χ1v) is 7.60. The molecule has 0 radical (unpaired) electrons. The minimum atomic E-state index is -0.389.